The van der Waals surface area contributed by atoms with Gasteiger partial charge in [-0.3, -0.25) is 10.1 Å². The molecule has 0 radical (unpaired) electrons. The van der Waals surface area contributed by atoms with Gasteiger partial charge in [0.05, 0.1) is 4.92 Å². The van der Waals surface area contributed by atoms with Crippen LogP contribution in [0.5, 0.6) is 0 Å². The second kappa shape index (κ2) is 7.48. The van der Waals surface area contributed by atoms with Crippen LogP contribution in [0.2, 0.25) is 0 Å². The minimum absolute atomic E-state index is 0.201. The number of hydrogen-bond donors (Lipinski definition) is 1. The Hall–Kier alpha value is -0.940. The van der Waals surface area contributed by atoms with Gasteiger partial charge < -0.3 is 5.32 Å². The van der Waals surface area contributed by atoms with E-state index in [0.717, 1.165) is 35.8 Å². The molecule has 100 valence electrons. The van der Waals surface area contributed by atoms with Crippen molar-refractivity contribution in [1.29, 1.82) is 0 Å². The van der Waals surface area contributed by atoms with Crippen LogP contribution in [0.3, 0.4) is 0 Å². The standard InChI is InChI=1S/C13H19BrN2O2/c1-3-8-15-10(2)4-5-11-6-7-12(14)9-13(11)16(17)18/h6-7,9-10,15H,3-5,8H2,1-2H3. The van der Waals surface area contributed by atoms with Crippen LogP contribution in [0, 0.1) is 10.1 Å². The molecule has 0 fully saturated rings. The number of aryl methyl sites for hydroxylation is 1. The molecule has 0 aliphatic rings. The van der Waals surface area contributed by atoms with Gasteiger partial charge in [0.25, 0.3) is 5.69 Å². The quantitative estimate of drug-likeness (QED) is 0.617. The lowest BCUT2D eigenvalue weighted by Crippen LogP contribution is -2.27. The Morgan fingerprint density at radius 1 is 1.50 bits per heavy atom. The Morgan fingerprint density at radius 3 is 2.83 bits per heavy atom. The van der Waals surface area contributed by atoms with Crippen molar-refractivity contribution in [1.82, 2.24) is 5.32 Å². The maximum atomic E-state index is 11.0. The average molecular weight is 315 g/mol. The summed E-state index contributed by atoms with van der Waals surface area (Å²) in [4.78, 5) is 10.6. The van der Waals surface area contributed by atoms with E-state index in [1.807, 2.05) is 12.1 Å². The predicted octanol–water partition coefficient (Wildman–Crippen LogP) is 3.68. The average Bonchev–Trinajstić information content (AvgIpc) is 2.34. The highest BCUT2D eigenvalue weighted by Gasteiger charge is 2.14. The summed E-state index contributed by atoms with van der Waals surface area (Å²) in [6.45, 7) is 5.23. The topological polar surface area (TPSA) is 55.2 Å². The van der Waals surface area contributed by atoms with E-state index in [9.17, 15) is 10.1 Å². The van der Waals surface area contributed by atoms with Crippen molar-refractivity contribution in [2.75, 3.05) is 6.54 Å². The normalized spacial score (nSPS) is 12.4. The smallest absolute Gasteiger partial charge is 0.273 e. The zero-order valence-electron chi connectivity index (χ0n) is 10.8. The Morgan fingerprint density at radius 2 is 2.22 bits per heavy atom. The summed E-state index contributed by atoms with van der Waals surface area (Å²) in [5, 5.41) is 14.3. The number of nitro benzene ring substituents is 1. The first kappa shape index (κ1) is 15.1. The van der Waals surface area contributed by atoms with Gasteiger partial charge in [0.1, 0.15) is 0 Å². The molecule has 1 atom stereocenters. The fourth-order valence-corrected chi connectivity index (χ4v) is 2.13. The third-order valence-corrected chi connectivity index (χ3v) is 3.33. The molecule has 0 saturated heterocycles. The largest absolute Gasteiger partial charge is 0.314 e. The molecule has 1 rings (SSSR count). The van der Waals surface area contributed by atoms with E-state index in [0.29, 0.717) is 6.04 Å². The van der Waals surface area contributed by atoms with Gasteiger partial charge in [-0.1, -0.05) is 28.9 Å². The molecule has 1 aromatic rings. The molecule has 0 bridgehead atoms. The number of benzene rings is 1. The van der Waals surface area contributed by atoms with Gasteiger partial charge in [-0.2, -0.15) is 0 Å². The van der Waals surface area contributed by atoms with Gasteiger partial charge in [0, 0.05) is 22.1 Å². The van der Waals surface area contributed by atoms with Gasteiger partial charge in [-0.05, 0) is 38.8 Å². The molecule has 1 aromatic carbocycles. The van der Waals surface area contributed by atoms with E-state index in [1.165, 1.54) is 0 Å². The summed E-state index contributed by atoms with van der Waals surface area (Å²) in [6.07, 6.45) is 2.73. The summed E-state index contributed by atoms with van der Waals surface area (Å²) in [7, 11) is 0. The Labute approximate surface area is 116 Å². The Bertz CT molecular complexity index is 410. The van der Waals surface area contributed by atoms with E-state index >= 15 is 0 Å². The molecular formula is C13H19BrN2O2. The van der Waals surface area contributed by atoms with Crippen molar-refractivity contribution in [2.24, 2.45) is 0 Å². The number of nitrogens with zero attached hydrogens (tertiary/aromatic N) is 1. The number of halogens is 1. The zero-order valence-corrected chi connectivity index (χ0v) is 12.4. The molecule has 18 heavy (non-hydrogen) atoms. The minimum atomic E-state index is -0.315. The van der Waals surface area contributed by atoms with Crippen LogP contribution in [0.25, 0.3) is 0 Å². The van der Waals surface area contributed by atoms with Crippen molar-refractivity contribution in [3.63, 3.8) is 0 Å². The van der Waals surface area contributed by atoms with Crippen LogP contribution in [-0.2, 0) is 6.42 Å². The van der Waals surface area contributed by atoms with Crippen molar-refractivity contribution in [2.45, 2.75) is 39.2 Å². The van der Waals surface area contributed by atoms with Crippen LogP contribution in [0.4, 0.5) is 5.69 Å². The Balaban J connectivity index is 2.64. The highest BCUT2D eigenvalue weighted by molar-refractivity contribution is 9.10. The van der Waals surface area contributed by atoms with Crippen LogP contribution in [0.1, 0.15) is 32.3 Å². The number of nitro groups is 1. The van der Waals surface area contributed by atoms with Gasteiger partial charge >= 0.3 is 0 Å². The lowest BCUT2D eigenvalue weighted by molar-refractivity contribution is -0.385. The molecule has 0 aliphatic heterocycles. The summed E-state index contributed by atoms with van der Waals surface area (Å²) in [5.74, 6) is 0. The predicted molar refractivity (Wildman–Crippen MR) is 76.9 cm³/mol. The zero-order chi connectivity index (χ0) is 13.5. The van der Waals surface area contributed by atoms with Gasteiger partial charge in [-0.25, -0.2) is 0 Å². The molecule has 5 heteroatoms. The lowest BCUT2D eigenvalue weighted by atomic mass is 10.0. The van der Waals surface area contributed by atoms with Gasteiger partial charge in [-0.15, -0.1) is 0 Å². The highest BCUT2D eigenvalue weighted by atomic mass is 79.9. The number of hydrogen-bond acceptors (Lipinski definition) is 3. The van der Waals surface area contributed by atoms with E-state index in [4.69, 9.17) is 0 Å². The van der Waals surface area contributed by atoms with Crippen molar-refractivity contribution in [3.05, 3.63) is 38.3 Å². The molecule has 1 N–H and O–H groups in total. The molecule has 0 amide bonds. The van der Waals surface area contributed by atoms with Gasteiger partial charge in [0.15, 0.2) is 0 Å². The summed E-state index contributed by atoms with van der Waals surface area (Å²) < 4.78 is 0.745. The second-order valence-electron chi connectivity index (χ2n) is 4.42. The third kappa shape index (κ3) is 4.74. The maximum absolute atomic E-state index is 11.0. The van der Waals surface area contributed by atoms with E-state index in [1.54, 1.807) is 6.07 Å². The highest BCUT2D eigenvalue weighted by Crippen LogP contribution is 2.24. The molecule has 0 aromatic heterocycles. The Kier molecular flexibility index (Phi) is 6.29. The van der Waals surface area contributed by atoms with Crippen LogP contribution in [-0.4, -0.2) is 17.5 Å². The number of rotatable bonds is 7. The monoisotopic (exact) mass is 314 g/mol. The summed E-state index contributed by atoms with van der Waals surface area (Å²) in [5.41, 5.74) is 1.00. The summed E-state index contributed by atoms with van der Waals surface area (Å²) in [6, 6.07) is 5.63. The molecule has 0 aliphatic carbocycles. The molecule has 0 heterocycles. The second-order valence-corrected chi connectivity index (χ2v) is 5.34. The first-order chi connectivity index (χ1) is 8.54. The molecule has 4 nitrogen and oxygen atoms in total. The molecule has 0 spiro atoms. The van der Waals surface area contributed by atoms with E-state index in [-0.39, 0.29) is 10.6 Å². The number of nitrogens with one attached hydrogen (secondary N) is 1. The lowest BCUT2D eigenvalue weighted by Gasteiger charge is -2.13. The van der Waals surface area contributed by atoms with Crippen molar-refractivity contribution >= 4 is 21.6 Å². The molecule has 0 saturated carbocycles. The van der Waals surface area contributed by atoms with Crippen molar-refractivity contribution < 1.29 is 4.92 Å². The first-order valence-electron chi connectivity index (χ1n) is 6.20. The van der Waals surface area contributed by atoms with E-state index in [2.05, 4.69) is 35.1 Å². The third-order valence-electron chi connectivity index (χ3n) is 2.83. The summed E-state index contributed by atoms with van der Waals surface area (Å²) >= 11 is 3.26. The first-order valence-corrected chi connectivity index (χ1v) is 7.00. The SMILES string of the molecule is CCCNC(C)CCc1ccc(Br)cc1[N+](=O)[O-]. The fraction of sp³-hybridized carbons (Fsp3) is 0.538. The van der Waals surface area contributed by atoms with Crippen LogP contribution in [0.15, 0.2) is 22.7 Å². The van der Waals surface area contributed by atoms with Gasteiger partial charge in [0.2, 0.25) is 0 Å². The molecule has 1 unspecified atom stereocenters. The fourth-order valence-electron chi connectivity index (χ4n) is 1.78. The maximum Gasteiger partial charge on any atom is 0.273 e. The van der Waals surface area contributed by atoms with Crippen LogP contribution < -0.4 is 5.32 Å². The van der Waals surface area contributed by atoms with E-state index < -0.39 is 0 Å². The molecular weight excluding hydrogens is 296 g/mol. The van der Waals surface area contributed by atoms with Crippen molar-refractivity contribution in [3.8, 4) is 0 Å². The van der Waals surface area contributed by atoms with Crippen LogP contribution >= 0.6 is 15.9 Å². The minimum Gasteiger partial charge on any atom is -0.314 e.